The minimum Gasteiger partial charge on any atom is -0.484 e. The number of likely N-dealkylation sites (tertiary alicyclic amines) is 1. The van der Waals surface area contributed by atoms with Crippen molar-refractivity contribution in [2.45, 2.75) is 18.9 Å². The van der Waals surface area contributed by atoms with Crippen LogP contribution in [-0.4, -0.2) is 46.0 Å². The zero-order chi connectivity index (χ0) is 16.9. The SMILES string of the molecule is NC(=O)c1ccc(OCC(=O)N2CCC(n3ccnc3)CC2)cc1. The molecule has 2 N–H and O–H groups in total. The van der Waals surface area contributed by atoms with Crippen molar-refractivity contribution in [1.82, 2.24) is 14.5 Å². The smallest absolute Gasteiger partial charge is 0.260 e. The maximum atomic E-state index is 12.2. The Morgan fingerprint density at radius 2 is 1.92 bits per heavy atom. The van der Waals surface area contributed by atoms with Gasteiger partial charge in [-0.2, -0.15) is 0 Å². The van der Waals surface area contributed by atoms with Crippen LogP contribution in [0, 0.1) is 0 Å². The van der Waals surface area contributed by atoms with Gasteiger partial charge in [0, 0.05) is 37.1 Å². The maximum absolute atomic E-state index is 12.2. The first-order chi connectivity index (χ1) is 11.6. The van der Waals surface area contributed by atoms with Crippen LogP contribution in [0.15, 0.2) is 43.0 Å². The van der Waals surface area contributed by atoms with Crippen LogP contribution in [0.25, 0.3) is 0 Å². The third kappa shape index (κ3) is 3.73. The summed E-state index contributed by atoms with van der Waals surface area (Å²) in [5.41, 5.74) is 5.60. The minimum absolute atomic E-state index is 0.00827. The van der Waals surface area contributed by atoms with E-state index in [-0.39, 0.29) is 12.5 Å². The number of carbonyl (C=O) groups excluding carboxylic acids is 2. The number of ether oxygens (including phenoxy) is 1. The molecule has 1 fully saturated rings. The molecule has 0 radical (unpaired) electrons. The Morgan fingerprint density at radius 3 is 2.50 bits per heavy atom. The van der Waals surface area contributed by atoms with E-state index in [9.17, 15) is 9.59 Å². The van der Waals surface area contributed by atoms with E-state index in [4.69, 9.17) is 10.5 Å². The standard InChI is InChI=1S/C17H20N4O3/c18-17(23)13-1-3-15(4-2-13)24-11-16(22)20-8-5-14(6-9-20)21-10-7-19-12-21/h1-4,7,10,12,14H,5-6,8-9,11H2,(H2,18,23). The predicted octanol–water partition coefficient (Wildman–Crippen LogP) is 1.22. The van der Waals surface area contributed by atoms with E-state index in [1.54, 1.807) is 30.5 Å². The second kappa shape index (κ2) is 7.16. The number of benzene rings is 1. The number of nitrogens with two attached hydrogens (primary N) is 1. The first kappa shape index (κ1) is 16.0. The van der Waals surface area contributed by atoms with Crippen molar-refractivity contribution >= 4 is 11.8 Å². The van der Waals surface area contributed by atoms with Crippen molar-refractivity contribution in [2.24, 2.45) is 5.73 Å². The lowest BCUT2D eigenvalue weighted by Gasteiger charge is -2.32. The quantitative estimate of drug-likeness (QED) is 0.893. The lowest BCUT2D eigenvalue weighted by atomic mass is 10.1. The number of primary amides is 1. The molecule has 2 aromatic rings. The zero-order valence-electron chi connectivity index (χ0n) is 13.3. The van der Waals surface area contributed by atoms with E-state index in [1.807, 2.05) is 17.4 Å². The molecular formula is C17H20N4O3. The van der Waals surface area contributed by atoms with E-state index < -0.39 is 5.91 Å². The zero-order valence-corrected chi connectivity index (χ0v) is 13.3. The van der Waals surface area contributed by atoms with Gasteiger partial charge in [0.15, 0.2) is 6.61 Å². The molecule has 126 valence electrons. The van der Waals surface area contributed by atoms with E-state index in [0.29, 0.717) is 30.4 Å². The molecule has 1 aromatic carbocycles. The number of carbonyl (C=O) groups is 2. The van der Waals surface area contributed by atoms with Crippen LogP contribution in [0.4, 0.5) is 0 Å². The van der Waals surface area contributed by atoms with Crippen molar-refractivity contribution < 1.29 is 14.3 Å². The second-order valence-electron chi connectivity index (χ2n) is 5.80. The average Bonchev–Trinajstić information content (AvgIpc) is 3.15. The summed E-state index contributed by atoms with van der Waals surface area (Å²) in [7, 11) is 0. The third-order valence-electron chi connectivity index (χ3n) is 4.26. The Bertz CT molecular complexity index is 689. The highest BCUT2D eigenvalue weighted by Crippen LogP contribution is 2.22. The molecule has 0 unspecified atom stereocenters. The summed E-state index contributed by atoms with van der Waals surface area (Å²) < 4.78 is 7.59. The molecule has 1 aromatic heterocycles. The fraction of sp³-hybridized carbons (Fsp3) is 0.353. The summed E-state index contributed by atoms with van der Waals surface area (Å²) in [4.78, 5) is 29.1. The van der Waals surface area contributed by atoms with Gasteiger partial charge in [-0.1, -0.05) is 0 Å². The first-order valence-electron chi connectivity index (χ1n) is 7.91. The molecule has 3 rings (SSSR count). The van der Waals surface area contributed by atoms with Crippen LogP contribution < -0.4 is 10.5 Å². The Kier molecular flexibility index (Phi) is 4.79. The van der Waals surface area contributed by atoms with Gasteiger partial charge in [0.25, 0.3) is 5.91 Å². The normalized spacial score (nSPS) is 15.2. The number of imidazole rings is 1. The monoisotopic (exact) mass is 328 g/mol. The lowest BCUT2D eigenvalue weighted by Crippen LogP contribution is -2.41. The molecule has 0 atom stereocenters. The van der Waals surface area contributed by atoms with Crippen molar-refractivity contribution in [3.05, 3.63) is 48.5 Å². The van der Waals surface area contributed by atoms with Crippen LogP contribution in [0.1, 0.15) is 29.2 Å². The van der Waals surface area contributed by atoms with Gasteiger partial charge in [-0.05, 0) is 37.1 Å². The molecule has 2 heterocycles. The number of aromatic nitrogens is 2. The molecule has 2 amide bonds. The number of hydrogen-bond acceptors (Lipinski definition) is 4. The van der Waals surface area contributed by atoms with E-state index in [0.717, 1.165) is 12.8 Å². The van der Waals surface area contributed by atoms with Crippen molar-refractivity contribution in [3.63, 3.8) is 0 Å². The molecule has 1 aliphatic heterocycles. The highest BCUT2D eigenvalue weighted by atomic mass is 16.5. The van der Waals surface area contributed by atoms with Gasteiger partial charge in [-0.3, -0.25) is 9.59 Å². The van der Waals surface area contributed by atoms with Crippen LogP contribution in [0.5, 0.6) is 5.75 Å². The number of rotatable bonds is 5. The summed E-state index contributed by atoms with van der Waals surface area (Å²) in [5.74, 6) is 0.0260. The number of amides is 2. The largest absolute Gasteiger partial charge is 0.484 e. The van der Waals surface area contributed by atoms with E-state index in [2.05, 4.69) is 9.55 Å². The molecule has 0 saturated carbocycles. The topological polar surface area (TPSA) is 90.5 Å². The molecule has 7 nitrogen and oxygen atoms in total. The first-order valence-corrected chi connectivity index (χ1v) is 7.91. The molecule has 0 spiro atoms. The fourth-order valence-electron chi connectivity index (χ4n) is 2.85. The van der Waals surface area contributed by atoms with Gasteiger partial charge in [0.1, 0.15) is 5.75 Å². The summed E-state index contributed by atoms with van der Waals surface area (Å²) in [6.07, 6.45) is 7.38. The highest BCUT2D eigenvalue weighted by Gasteiger charge is 2.23. The third-order valence-corrected chi connectivity index (χ3v) is 4.26. The fourth-order valence-corrected chi connectivity index (χ4v) is 2.85. The van der Waals surface area contributed by atoms with Crippen LogP contribution >= 0.6 is 0 Å². The summed E-state index contributed by atoms with van der Waals surface area (Å²) in [6, 6.07) is 6.84. The molecule has 1 saturated heterocycles. The summed E-state index contributed by atoms with van der Waals surface area (Å²) >= 11 is 0. The summed E-state index contributed by atoms with van der Waals surface area (Å²) in [5, 5.41) is 0. The Morgan fingerprint density at radius 1 is 1.21 bits per heavy atom. The lowest BCUT2D eigenvalue weighted by molar-refractivity contribution is -0.134. The predicted molar refractivity (Wildman–Crippen MR) is 87.5 cm³/mol. The van der Waals surface area contributed by atoms with Crippen molar-refractivity contribution in [2.75, 3.05) is 19.7 Å². The molecule has 24 heavy (non-hydrogen) atoms. The number of nitrogens with zero attached hydrogens (tertiary/aromatic N) is 3. The van der Waals surface area contributed by atoms with Gasteiger partial charge < -0.3 is 19.9 Å². The van der Waals surface area contributed by atoms with Crippen molar-refractivity contribution in [1.29, 1.82) is 0 Å². The number of hydrogen-bond donors (Lipinski definition) is 1. The van der Waals surface area contributed by atoms with Crippen molar-refractivity contribution in [3.8, 4) is 5.75 Å². The minimum atomic E-state index is -0.488. The molecule has 7 heteroatoms. The Labute approximate surface area is 140 Å². The molecule has 0 bridgehead atoms. The Hall–Kier alpha value is -2.83. The van der Waals surface area contributed by atoms with Gasteiger partial charge >= 0.3 is 0 Å². The molecule has 1 aliphatic rings. The maximum Gasteiger partial charge on any atom is 0.260 e. The van der Waals surface area contributed by atoms with Gasteiger partial charge in [-0.25, -0.2) is 4.98 Å². The summed E-state index contributed by atoms with van der Waals surface area (Å²) in [6.45, 7) is 1.42. The number of piperidine rings is 1. The van der Waals surface area contributed by atoms with Gasteiger partial charge in [0.2, 0.25) is 5.91 Å². The average molecular weight is 328 g/mol. The molecular weight excluding hydrogens is 308 g/mol. The van der Waals surface area contributed by atoms with Gasteiger partial charge in [0.05, 0.1) is 6.33 Å². The van der Waals surface area contributed by atoms with Crippen LogP contribution in [-0.2, 0) is 4.79 Å². The van der Waals surface area contributed by atoms with E-state index >= 15 is 0 Å². The van der Waals surface area contributed by atoms with Crippen LogP contribution in [0.3, 0.4) is 0 Å². The Balaban J connectivity index is 1.46. The second-order valence-corrected chi connectivity index (χ2v) is 5.80. The van der Waals surface area contributed by atoms with Gasteiger partial charge in [-0.15, -0.1) is 0 Å². The van der Waals surface area contributed by atoms with Crippen LogP contribution in [0.2, 0.25) is 0 Å². The highest BCUT2D eigenvalue weighted by molar-refractivity contribution is 5.92. The van der Waals surface area contributed by atoms with E-state index in [1.165, 1.54) is 0 Å². The molecule has 0 aliphatic carbocycles.